The van der Waals surface area contributed by atoms with Crippen molar-refractivity contribution in [1.29, 1.82) is 0 Å². The minimum absolute atomic E-state index is 0.0895. The molecule has 3 rings (SSSR count). The van der Waals surface area contributed by atoms with Crippen LogP contribution in [0.3, 0.4) is 0 Å². The fourth-order valence-corrected chi connectivity index (χ4v) is 2.92. The first-order valence-electron chi connectivity index (χ1n) is 7.18. The van der Waals surface area contributed by atoms with Gasteiger partial charge in [-0.1, -0.05) is 36.6 Å². The summed E-state index contributed by atoms with van der Waals surface area (Å²) < 4.78 is 5.23. The number of para-hydroxylation sites is 1. The standard InChI is InChI=1S/C16H16ClNO3/c17-13-7-5-6-11-10-12(16(20)21-14(11)13)15(19)18-8-3-1-2-4-9-18/h5-7,10H,1-4,8-9H2. The number of likely N-dealkylation sites (tertiary alicyclic amines) is 1. The first-order chi connectivity index (χ1) is 10.2. The molecule has 1 aromatic heterocycles. The Balaban J connectivity index is 2.01. The Morgan fingerprint density at radius 1 is 1.14 bits per heavy atom. The molecule has 0 saturated carbocycles. The molecular formula is C16H16ClNO3. The fraction of sp³-hybridized carbons (Fsp3) is 0.375. The lowest BCUT2D eigenvalue weighted by molar-refractivity contribution is 0.0757. The van der Waals surface area contributed by atoms with Gasteiger partial charge in [0.15, 0.2) is 5.58 Å². The molecule has 1 saturated heterocycles. The van der Waals surface area contributed by atoms with E-state index in [-0.39, 0.29) is 11.5 Å². The molecular weight excluding hydrogens is 290 g/mol. The molecule has 2 heterocycles. The number of fused-ring (bicyclic) bond motifs is 1. The molecule has 110 valence electrons. The van der Waals surface area contributed by atoms with Crippen LogP contribution in [0, 0.1) is 0 Å². The largest absolute Gasteiger partial charge is 0.421 e. The molecule has 21 heavy (non-hydrogen) atoms. The Labute approximate surface area is 127 Å². The predicted molar refractivity (Wildman–Crippen MR) is 81.9 cm³/mol. The highest BCUT2D eigenvalue weighted by atomic mass is 35.5. The number of benzene rings is 1. The van der Waals surface area contributed by atoms with E-state index in [9.17, 15) is 9.59 Å². The van der Waals surface area contributed by atoms with Crippen LogP contribution in [-0.2, 0) is 0 Å². The number of halogens is 1. The van der Waals surface area contributed by atoms with Crippen LogP contribution in [0.1, 0.15) is 36.0 Å². The highest BCUT2D eigenvalue weighted by Gasteiger charge is 2.21. The molecule has 1 fully saturated rings. The fourth-order valence-electron chi connectivity index (χ4n) is 2.70. The molecule has 1 aromatic carbocycles. The molecule has 0 spiro atoms. The molecule has 0 bridgehead atoms. The third-order valence-electron chi connectivity index (χ3n) is 3.84. The topological polar surface area (TPSA) is 50.5 Å². The van der Waals surface area contributed by atoms with Gasteiger partial charge in [-0.2, -0.15) is 0 Å². The Morgan fingerprint density at radius 2 is 1.86 bits per heavy atom. The molecule has 0 radical (unpaired) electrons. The third kappa shape index (κ3) is 2.81. The van der Waals surface area contributed by atoms with E-state index in [1.807, 2.05) is 0 Å². The molecule has 0 unspecified atom stereocenters. The van der Waals surface area contributed by atoms with Crippen molar-refractivity contribution in [1.82, 2.24) is 4.90 Å². The number of carbonyl (C=O) groups is 1. The van der Waals surface area contributed by atoms with Crippen LogP contribution in [0.4, 0.5) is 0 Å². The van der Waals surface area contributed by atoms with E-state index >= 15 is 0 Å². The van der Waals surface area contributed by atoms with E-state index in [1.165, 1.54) is 0 Å². The number of nitrogens with zero attached hydrogens (tertiary/aromatic N) is 1. The quantitative estimate of drug-likeness (QED) is 0.758. The summed E-state index contributed by atoms with van der Waals surface area (Å²) in [5, 5.41) is 1.04. The second-order valence-corrected chi connectivity index (χ2v) is 5.72. The average Bonchev–Trinajstić information content (AvgIpc) is 2.76. The number of amides is 1. The van der Waals surface area contributed by atoms with Crippen LogP contribution in [0.2, 0.25) is 5.02 Å². The molecule has 2 aromatic rings. The SMILES string of the molecule is O=C(c1cc2cccc(Cl)c2oc1=O)N1CCCCCC1. The zero-order valence-corrected chi connectivity index (χ0v) is 12.4. The van der Waals surface area contributed by atoms with Crippen molar-refractivity contribution in [3.05, 3.63) is 45.3 Å². The zero-order valence-electron chi connectivity index (χ0n) is 11.6. The van der Waals surface area contributed by atoms with Gasteiger partial charge in [-0.05, 0) is 25.0 Å². The van der Waals surface area contributed by atoms with Gasteiger partial charge in [0.05, 0.1) is 5.02 Å². The van der Waals surface area contributed by atoms with Gasteiger partial charge in [0, 0.05) is 18.5 Å². The lowest BCUT2D eigenvalue weighted by atomic mass is 10.1. The van der Waals surface area contributed by atoms with Crippen LogP contribution in [0.25, 0.3) is 11.0 Å². The lowest BCUT2D eigenvalue weighted by Gasteiger charge is -2.19. The molecule has 5 heteroatoms. The Bertz CT molecular complexity index is 730. The molecule has 1 aliphatic heterocycles. The van der Waals surface area contributed by atoms with Gasteiger partial charge < -0.3 is 9.32 Å². The highest BCUT2D eigenvalue weighted by molar-refractivity contribution is 6.34. The summed E-state index contributed by atoms with van der Waals surface area (Å²) in [5.41, 5.74) is -0.201. The van der Waals surface area contributed by atoms with E-state index in [0.717, 1.165) is 25.7 Å². The van der Waals surface area contributed by atoms with Gasteiger partial charge in [0.1, 0.15) is 5.56 Å². The summed E-state index contributed by atoms with van der Waals surface area (Å²) in [7, 11) is 0. The third-order valence-corrected chi connectivity index (χ3v) is 4.13. The summed E-state index contributed by atoms with van der Waals surface area (Å²) in [6, 6.07) is 6.79. The maximum atomic E-state index is 12.5. The summed E-state index contributed by atoms with van der Waals surface area (Å²) in [6.45, 7) is 1.40. The highest BCUT2D eigenvalue weighted by Crippen LogP contribution is 2.23. The second-order valence-electron chi connectivity index (χ2n) is 5.31. The minimum atomic E-state index is -0.621. The van der Waals surface area contributed by atoms with Gasteiger partial charge in [-0.3, -0.25) is 4.79 Å². The average molecular weight is 306 g/mol. The molecule has 0 atom stereocenters. The van der Waals surface area contributed by atoms with Crippen molar-refractivity contribution in [2.75, 3.05) is 13.1 Å². The summed E-state index contributed by atoms with van der Waals surface area (Å²) >= 11 is 6.00. The van der Waals surface area contributed by atoms with Crippen molar-refractivity contribution in [2.45, 2.75) is 25.7 Å². The Hall–Kier alpha value is -1.81. The zero-order chi connectivity index (χ0) is 14.8. The number of carbonyl (C=O) groups excluding carboxylic acids is 1. The van der Waals surface area contributed by atoms with Gasteiger partial charge in [0.25, 0.3) is 5.91 Å². The molecule has 4 nitrogen and oxygen atoms in total. The number of hydrogen-bond acceptors (Lipinski definition) is 3. The predicted octanol–water partition coefficient (Wildman–Crippen LogP) is 3.46. The first kappa shape index (κ1) is 14.1. The second kappa shape index (κ2) is 5.90. The van der Waals surface area contributed by atoms with E-state index in [1.54, 1.807) is 29.2 Å². The van der Waals surface area contributed by atoms with Crippen LogP contribution in [-0.4, -0.2) is 23.9 Å². The summed E-state index contributed by atoms with van der Waals surface area (Å²) in [5.74, 6) is -0.243. The van der Waals surface area contributed by atoms with Crippen LogP contribution < -0.4 is 5.63 Å². The van der Waals surface area contributed by atoms with Crippen LogP contribution >= 0.6 is 11.6 Å². The monoisotopic (exact) mass is 305 g/mol. The van der Waals surface area contributed by atoms with Gasteiger partial charge in [-0.25, -0.2) is 4.79 Å². The lowest BCUT2D eigenvalue weighted by Crippen LogP contribution is -2.34. The van der Waals surface area contributed by atoms with Crippen molar-refractivity contribution < 1.29 is 9.21 Å². The van der Waals surface area contributed by atoms with E-state index in [0.29, 0.717) is 29.1 Å². The van der Waals surface area contributed by atoms with Crippen molar-refractivity contribution in [2.24, 2.45) is 0 Å². The smallest absolute Gasteiger partial charge is 0.349 e. The van der Waals surface area contributed by atoms with Gasteiger partial charge in [0.2, 0.25) is 0 Å². The van der Waals surface area contributed by atoms with Crippen LogP contribution in [0.15, 0.2) is 33.5 Å². The maximum Gasteiger partial charge on any atom is 0.349 e. The van der Waals surface area contributed by atoms with Crippen molar-refractivity contribution >= 4 is 28.5 Å². The maximum absolute atomic E-state index is 12.5. The summed E-state index contributed by atoms with van der Waals surface area (Å²) in [6.07, 6.45) is 4.23. The Kier molecular flexibility index (Phi) is 3.97. The summed E-state index contributed by atoms with van der Waals surface area (Å²) in [4.78, 5) is 26.4. The van der Waals surface area contributed by atoms with Crippen molar-refractivity contribution in [3.63, 3.8) is 0 Å². The van der Waals surface area contributed by atoms with Crippen molar-refractivity contribution in [3.8, 4) is 0 Å². The minimum Gasteiger partial charge on any atom is -0.421 e. The molecule has 0 aliphatic carbocycles. The normalized spacial score (nSPS) is 16.0. The molecule has 1 aliphatic rings. The van der Waals surface area contributed by atoms with E-state index in [2.05, 4.69) is 0 Å². The van der Waals surface area contributed by atoms with E-state index in [4.69, 9.17) is 16.0 Å². The van der Waals surface area contributed by atoms with E-state index < -0.39 is 5.63 Å². The first-order valence-corrected chi connectivity index (χ1v) is 7.56. The Morgan fingerprint density at radius 3 is 2.57 bits per heavy atom. The number of hydrogen-bond donors (Lipinski definition) is 0. The van der Waals surface area contributed by atoms with Gasteiger partial charge in [-0.15, -0.1) is 0 Å². The van der Waals surface area contributed by atoms with Gasteiger partial charge >= 0.3 is 5.63 Å². The number of rotatable bonds is 1. The molecule has 1 amide bonds. The van der Waals surface area contributed by atoms with Crippen LogP contribution in [0.5, 0.6) is 0 Å². The molecule has 0 N–H and O–H groups in total.